The Morgan fingerprint density at radius 2 is 1.86 bits per heavy atom. The molecule has 5 heterocycles. The standard InChI is InChI=1S/C28H28N2O5/c1-15-14-34-26-17(3)27-22(10-21(15)26)16(2)20(28(33)35-27)7-8-24(31)29-11-18-9-19(13-29)23-5-4-6-25(32)30(23)12-18/h4-6,10,14,18-19H,7-9,11-13H2,1-3H3/t18-,19?/m1/s1. The molecular formula is C28H28N2O5. The zero-order valence-electron chi connectivity index (χ0n) is 20.2. The van der Waals surface area contributed by atoms with E-state index in [9.17, 15) is 14.4 Å². The van der Waals surface area contributed by atoms with Crippen LogP contribution in [0, 0.1) is 26.7 Å². The van der Waals surface area contributed by atoms with E-state index in [4.69, 9.17) is 8.83 Å². The number of fused-ring (bicyclic) bond motifs is 6. The number of nitrogens with zero attached hydrogens (tertiary/aromatic N) is 2. The number of furan rings is 1. The minimum atomic E-state index is -0.391. The summed E-state index contributed by atoms with van der Waals surface area (Å²) in [7, 11) is 0. The maximum atomic E-state index is 13.2. The fraction of sp³-hybridized carbons (Fsp3) is 0.393. The molecule has 1 amide bonds. The second-order valence-electron chi connectivity index (χ2n) is 10.2. The quantitative estimate of drug-likeness (QED) is 0.417. The molecule has 1 saturated heterocycles. The lowest BCUT2D eigenvalue weighted by Gasteiger charge is -2.42. The van der Waals surface area contributed by atoms with Crippen molar-refractivity contribution in [1.82, 2.24) is 9.47 Å². The molecule has 6 rings (SSSR count). The minimum Gasteiger partial charge on any atom is -0.464 e. The van der Waals surface area contributed by atoms with E-state index in [2.05, 4.69) is 0 Å². The molecule has 1 unspecified atom stereocenters. The molecule has 1 aromatic carbocycles. The average Bonchev–Trinajstić information content (AvgIpc) is 3.21. The van der Waals surface area contributed by atoms with Gasteiger partial charge in [-0.1, -0.05) is 6.07 Å². The van der Waals surface area contributed by atoms with Crippen molar-refractivity contribution in [2.24, 2.45) is 5.92 Å². The first kappa shape index (κ1) is 21.9. The van der Waals surface area contributed by atoms with Gasteiger partial charge in [-0.3, -0.25) is 9.59 Å². The van der Waals surface area contributed by atoms with Crippen LogP contribution in [0.3, 0.4) is 0 Å². The Labute approximate surface area is 201 Å². The normalized spacial score (nSPS) is 19.3. The van der Waals surface area contributed by atoms with E-state index >= 15 is 0 Å². The van der Waals surface area contributed by atoms with Crippen molar-refractivity contribution in [3.8, 4) is 0 Å². The molecule has 1 fully saturated rings. The second-order valence-corrected chi connectivity index (χ2v) is 10.2. The Hall–Kier alpha value is -3.61. The molecule has 2 aliphatic rings. The van der Waals surface area contributed by atoms with Crippen LogP contribution in [0.15, 0.2) is 49.0 Å². The summed E-state index contributed by atoms with van der Waals surface area (Å²) in [4.78, 5) is 40.3. The SMILES string of the molecule is Cc1coc2c(C)c3oc(=O)c(CCC(=O)N4CC5C[C@H](C4)Cn4c5cccc4=O)c(C)c3cc12. The van der Waals surface area contributed by atoms with E-state index in [1.807, 2.05) is 42.4 Å². The number of rotatable bonds is 3. The molecule has 0 spiro atoms. The van der Waals surface area contributed by atoms with Crippen LogP contribution in [-0.2, 0) is 17.8 Å². The van der Waals surface area contributed by atoms with Gasteiger partial charge in [0.15, 0.2) is 0 Å². The van der Waals surface area contributed by atoms with Gasteiger partial charge in [0.05, 0.1) is 6.26 Å². The first-order chi connectivity index (χ1) is 16.8. The monoisotopic (exact) mass is 472 g/mol. The molecule has 7 nitrogen and oxygen atoms in total. The predicted octanol–water partition coefficient (Wildman–Crippen LogP) is 4.20. The van der Waals surface area contributed by atoms with Crippen molar-refractivity contribution in [2.45, 2.75) is 52.5 Å². The third-order valence-corrected chi connectivity index (χ3v) is 7.96. The minimum absolute atomic E-state index is 0.0357. The number of piperidine rings is 1. The summed E-state index contributed by atoms with van der Waals surface area (Å²) in [5.74, 6) is 0.500. The van der Waals surface area contributed by atoms with Gasteiger partial charge >= 0.3 is 5.63 Å². The van der Waals surface area contributed by atoms with Crippen LogP contribution >= 0.6 is 0 Å². The van der Waals surface area contributed by atoms with Gasteiger partial charge in [-0.25, -0.2) is 4.79 Å². The highest BCUT2D eigenvalue weighted by Gasteiger charge is 2.36. The zero-order valence-corrected chi connectivity index (χ0v) is 20.2. The van der Waals surface area contributed by atoms with Crippen molar-refractivity contribution < 1.29 is 13.6 Å². The van der Waals surface area contributed by atoms with Crippen LogP contribution in [0.25, 0.3) is 21.9 Å². The molecule has 2 atom stereocenters. The molecule has 0 radical (unpaired) electrons. The smallest absolute Gasteiger partial charge is 0.339 e. The van der Waals surface area contributed by atoms with Gasteiger partial charge < -0.3 is 18.3 Å². The van der Waals surface area contributed by atoms with Gasteiger partial charge in [0.25, 0.3) is 5.56 Å². The molecule has 0 saturated carbocycles. The first-order valence-corrected chi connectivity index (χ1v) is 12.2. The number of pyridine rings is 1. The van der Waals surface area contributed by atoms with Crippen LogP contribution in [0.2, 0.25) is 0 Å². The van der Waals surface area contributed by atoms with Gasteiger partial charge in [0.2, 0.25) is 5.91 Å². The number of aromatic nitrogens is 1. The average molecular weight is 473 g/mol. The number of hydrogen-bond donors (Lipinski definition) is 0. The number of aryl methyl sites for hydroxylation is 3. The van der Waals surface area contributed by atoms with Crippen LogP contribution in [0.1, 0.15) is 46.7 Å². The molecule has 35 heavy (non-hydrogen) atoms. The lowest BCUT2D eigenvalue weighted by Crippen LogP contribution is -2.49. The van der Waals surface area contributed by atoms with Crippen molar-refractivity contribution in [1.29, 1.82) is 0 Å². The van der Waals surface area contributed by atoms with Gasteiger partial charge in [-0.05, 0) is 62.8 Å². The lowest BCUT2D eigenvalue weighted by molar-refractivity contribution is -0.133. The van der Waals surface area contributed by atoms with Gasteiger partial charge in [-0.15, -0.1) is 0 Å². The Morgan fingerprint density at radius 1 is 1.03 bits per heavy atom. The van der Waals surface area contributed by atoms with Crippen molar-refractivity contribution in [2.75, 3.05) is 13.1 Å². The Bertz CT molecular complexity index is 1620. The maximum Gasteiger partial charge on any atom is 0.339 e. The molecule has 3 aromatic heterocycles. The molecule has 7 heteroatoms. The number of benzene rings is 1. The van der Waals surface area contributed by atoms with Gasteiger partial charge in [0.1, 0.15) is 11.2 Å². The largest absolute Gasteiger partial charge is 0.464 e. The van der Waals surface area contributed by atoms with E-state index in [1.54, 1.807) is 18.4 Å². The number of hydrogen-bond acceptors (Lipinski definition) is 5. The third-order valence-electron chi connectivity index (χ3n) is 7.96. The van der Waals surface area contributed by atoms with E-state index in [-0.39, 0.29) is 29.7 Å². The fourth-order valence-electron chi connectivity index (χ4n) is 6.10. The van der Waals surface area contributed by atoms with E-state index in [1.165, 1.54) is 0 Å². The van der Waals surface area contributed by atoms with Gasteiger partial charge in [0, 0.05) is 65.6 Å². The number of carbonyl (C=O) groups excluding carboxylic acids is 1. The number of carbonyl (C=O) groups is 1. The molecule has 0 aliphatic carbocycles. The first-order valence-electron chi connectivity index (χ1n) is 12.2. The van der Waals surface area contributed by atoms with Crippen LogP contribution in [0.4, 0.5) is 0 Å². The lowest BCUT2D eigenvalue weighted by atomic mass is 9.83. The summed E-state index contributed by atoms with van der Waals surface area (Å²) < 4.78 is 13.3. The predicted molar refractivity (Wildman–Crippen MR) is 133 cm³/mol. The third kappa shape index (κ3) is 3.44. The highest BCUT2D eigenvalue weighted by atomic mass is 16.4. The second kappa shape index (κ2) is 7.97. The summed E-state index contributed by atoms with van der Waals surface area (Å²) in [5.41, 5.74) is 5.21. The van der Waals surface area contributed by atoms with Crippen LogP contribution in [-0.4, -0.2) is 28.5 Å². The summed E-state index contributed by atoms with van der Waals surface area (Å²) in [6.45, 7) is 7.75. The van der Waals surface area contributed by atoms with Crippen LogP contribution < -0.4 is 11.2 Å². The molecule has 180 valence electrons. The van der Waals surface area contributed by atoms with E-state index < -0.39 is 5.63 Å². The van der Waals surface area contributed by atoms with E-state index in [0.29, 0.717) is 37.2 Å². The molecular weight excluding hydrogens is 444 g/mol. The van der Waals surface area contributed by atoms with Gasteiger partial charge in [-0.2, -0.15) is 0 Å². The number of amides is 1. The fourth-order valence-corrected chi connectivity index (χ4v) is 6.10. The van der Waals surface area contributed by atoms with E-state index in [0.717, 1.165) is 45.2 Å². The van der Waals surface area contributed by atoms with Crippen molar-refractivity contribution >= 4 is 27.8 Å². The van der Waals surface area contributed by atoms with Crippen LogP contribution in [0.5, 0.6) is 0 Å². The Kier molecular flexibility index (Phi) is 4.99. The number of likely N-dealkylation sites (tertiary alicyclic amines) is 1. The Balaban J connectivity index is 1.26. The summed E-state index contributed by atoms with van der Waals surface area (Å²) in [6, 6.07) is 7.43. The summed E-state index contributed by atoms with van der Waals surface area (Å²) in [5, 5.41) is 1.89. The highest BCUT2D eigenvalue weighted by molar-refractivity contribution is 5.99. The zero-order chi connectivity index (χ0) is 24.4. The molecule has 0 N–H and O–H groups in total. The topological polar surface area (TPSA) is 85.7 Å². The molecule has 2 aliphatic heterocycles. The van der Waals surface area contributed by atoms with Crippen molar-refractivity contribution in [3.63, 3.8) is 0 Å². The molecule has 4 aromatic rings. The molecule has 2 bridgehead atoms. The maximum absolute atomic E-state index is 13.2. The Morgan fingerprint density at radius 3 is 2.69 bits per heavy atom. The highest BCUT2D eigenvalue weighted by Crippen LogP contribution is 2.36. The summed E-state index contributed by atoms with van der Waals surface area (Å²) in [6.07, 6.45) is 3.31. The van der Waals surface area contributed by atoms with Crippen molar-refractivity contribution in [3.05, 3.63) is 79.3 Å². The summed E-state index contributed by atoms with van der Waals surface area (Å²) >= 11 is 0.